The summed E-state index contributed by atoms with van der Waals surface area (Å²) in [6, 6.07) is 0. The number of carbonyl (C=O) groups is 2. The molecule has 16 heavy (non-hydrogen) atoms. The van der Waals surface area contributed by atoms with Gasteiger partial charge < -0.3 is 10.5 Å². The van der Waals surface area contributed by atoms with Crippen molar-refractivity contribution in [2.45, 2.75) is 13.3 Å². The Labute approximate surface area is 93.2 Å². The average molecular weight is 250 g/mol. The molecule has 0 saturated carbocycles. The van der Waals surface area contributed by atoms with Gasteiger partial charge in [-0.25, -0.2) is 18.6 Å². The molecular formula is C8H8F2N2O3S. The van der Waals surface area contributed by atoms with Crippen LogP contribution in [0, 0.1) is 0 Å². The first-order valence-electron chi connectivity index (χ1n) is 4.23. The number of thiazole rings is 1. The summed E-state index contributed by atoms with van der Waals surface area (Å²) in [5, 5.41) is -0.335. The SMILES string of the molecule is CCOC(=O)c1sc(C(N)=O)nc1C(F)F. The number of halogens is 2. The van der Waals surface area contributed by atoms with Crippen molar-refractivity contribution >= 4 is 23.2 Å². The molecule has 1 rings (SSSR count). The van der Waals surface area contributed by atoms with Gasteiger partial charge in [-0.05, 0) is 6.92 Å². The summed E-state index contributed by atoms with van der Waals surface area (Å²) in [6.45, 7) is 1.58. The summed E-state index contributed by atoms with van der Waals surface area (Å²) in [7, 11) is 0. The van der Waals surface area contributed by atoms with Gasteiger partial charge in [0.25, 0.3) is 12.3 Å². The van der Waals surface area contributed by atoms with Crippen LogP contribution in [0.25, 0.3) is 0 Å². The Morgan fingerprint density at radius 3 is 2.62 bits per heavy atom. The van der Waals surface area contributed by atoms with E-state index in [-0.39, 0.29) is 16.5 Å². The molecule has 0 aliphatic carbocycles. The van der Waals surface area contributed by atoms with Crippen LogP contribution >= 0.6 is 11.3 Å². The molecule has 0 atom stereocenters. The Morgan fingerprint density at radius 2 is 2.19 bits per heavy atom. The van der Waals surface area contributed by atoms with E-state index >= 15 is 0 Å². The predicted octanol–water partition coefficient (Wildman–Crippen LogP) is 1.36. The van der Waals surface area contributed by atoms with E-state index in [0.29, 0.717) is 11.3 Å². The van der Waals surface area contributed by atoms with Gasteiger partial charge in [0.15, 0.2) is 5.01 Å². The van der Waals surface area contributed by atoms with E-state index in [4.69, 9.17) is 5.73 Å². The van der Waals surface area contributed by atoms with E-state index in [1.807, 2.05) is 0 Å². The van der Waals surface area contributed by atoms with Crippen molar-refractivity contribution < 1.29 is 23.1 Å². The molecule has 1 aromatic heterocycles. The zero-order valence-electron chi connectivity index (χ0n) is 8.20. The lowest BCUT2D eigenvalue weighted by molar-refractivity contribution is 0.0520. The van der Waals surface area contributed by atoms with Crippen LogP contribution in [0.2, 0.25) is 0 Å². The average Bonchev–Trinajstić information content (AvgIpc) is 2.62. The first-order valence-corrected chi connectivity index (χ1v) is 5.04. The van der Waals surface area contributed by atoms with Crippen LogP contribution in [0.4, 0.5) is 8.78 Å². The molecule has 1 aromatic rings. The second-order valence-corrected chi connectivity index (χ2v) is 3.62. The molecule has 0 spiro atoms. The maximum absolute atomic E-state index is 12.5. The standard InChI is InChI=1S/C8H8F2N2O3S/c1-2-15-8(14)4-3(5(9)10)12-7(16-4)6(11)13/h5H,2H2,1H3,(H2,11,13). The summed E-state index contributed by atoms with van der Waals surface area (Å²) in [5.74, 6) is -1.88. The number of hydrogen-bond donors (Lipinski definition) is 1. The Morgan fingerprint density at radius 1 is 1.56 bits per heavy atom. The molecule has 0 saturated heterocycles. The number of ether oxygens (including phenoxy) is 1. The lowest BCUT2D eigenvalue weighted by Crippen LogP contribution is -2.10. The van der Waals surface area contributed by atoms with Gasteiger partial charge in [-0.1, -0.05) is 0 Å². The Kier molecular flexibility index (Phi) is 3.88. The van der Waals surface area contributed by atoms with Gasteiger partial charge in [-0.2, -0.15) is 0 Å². The number of amides is 1. The number of primary amides is 1. The zero-order valence-corrected chi connectivity index (χ0v) is 9.01. The van der Waals surface area contributed by atoms with Crippen LogP contribution in [0.1, 0.15) is 38.5 Å². The molecule has 1 heterocycles. The number of esters is 1. The second-order valence-electron chi connectivity index (χ2n) is 2.62. The van der Waals surface area contributed by atoms with Crippen LogP contribution in [0.5, 0.6) is 0 Å². The third-order valence-corrected chi connectivity index (χ3v) is 2.60. The monoisotopic (exact) mass is 250 g/mol. The highest BCUT2D eigenvalue weighted by Gasteiger charge is 2.26. The largest absolute Gasteiger partial charge is 0.462 e. The predicted molar refractivity (Wildman–Crippen MR) is 51.5 cm³/mol. The Bertz CT molecular complexity index is 419. The number of rotatable bonds is 4. The third-order valence-electron chi connectivity index (χ3n) is 1.53. The zero-order chi connectivity index (χ0) is 12.3. The lowest BCUT2D eigenvalue weighted by Gasteiger charge is -2.00. The minimum absolute atomic E-state index is 0.0469. The Balaban J connectivity index is 3.15. The maximum atomic E-state index is 12.5. The number of nitrogens with zero attached hydrogens (tertiary/aromatic N) is 1. The second kappa shape index (κ2) is 4.97. The minimum atomic E-state index is -2.95. The molecule has 2 N–H and O–H groups in total. The molecule has 0 fully saturated rings. The van der Waals surface area contributed by atoms with Gasteiger partial charge in [0.05, 0.1) is 6.61 Å². The first-order chi connectivity index (χ1) is 7.47. The van der Waals surface area contributed by atoms with Crippen molar-refractivity contribution in [3.8, 4) is 0 Å². The van der Waals surface area contributed by atoms with Crippen LogP contribution in [0.15, 0.2) is 0 Å². The fourth-order valence-corrected chi connectivity index (χ4v) is 1.75. The van der Waals surface area contributed by atoms with Crippen molar-refractivity contribution in [1.29, 1.82) is 0 Å². The summed E-state index contributed by atoms with van der Waals surface area (Å²) in [5.41, 5.74) is 4.12. The molecule has 88 valence electrons. The van der Waals surface area contributed by atoms with E-state index < -0.39 is 24.0 Å². The number of hydrogen-bond acceptors (Lipinski definition) is 5. The van der Waals surface area contributed by atoms with Crippen LogP contribution in [-0.2, 0) is 4.74 Å². The topological polar surface area (TPSA) is 82.3 Å². The molecule has 0 radical (unpaired) electrons. The summed E-state index contributed by atoms with van der Waals surface area (Å²) >= 11 is 0.504. The van der Waals surface area contributed by atoms with Gasteiger partial charge in [0.1, 0.15) is 10.6 Å². The summed E-state index contributed by atoms with van der Waals surface area (Å²) in [6.07, 6.45) is -2.95. The van der Waals surface area contributed by atoms with Gasteiger partial charge in [0.2, 0.25) is 0 Å². The molecule has 0 bridgehead atoms. The van der Waals surface area contributed by atoms with E-state index in [1.165, 1.54) is 6.92 Å². The molecular weight excluding hydrogens is 242 g/mol. The van der Waals surface area contributed by atoms with Gasteiger partial charge >= 0.3 is 5.97 Å². The van der Waals surface area contributed by atoms with Gasteiger partial charge in [-0.3, -0.25) is 4.79 Å². The van der Waals surface area contributed by atoms with E-state index in [9.17, 15) is 18.4 Å². The fourth-order valence-electron chi connectivity index (χ4n) is 0.928. The van der Waals surface area contributed by atoms with Crippen molar-refractivity contribution in [1.82, 2.24) is 4.98 Å². The highest BCUT2D eigenvalue weighted by Crippen LogP contribution is 2.27. The summed E-state index contributed by atoms with van der Waals surface area (Å²) in [4.78, 5) is 24.9. The molecule has 0 aliphatic rings. The molecule has 8 heteroatoms. The van der Waals surface area contributed by atoms with E-state index in [2.05, 4.69) is 9.72 Å². The fraction of sp³-hybridized carbons (Fsp3) is 0.375. The molecule has 5 nitrogen and oxygen atoms in total. The number of aromatic nitrogens is 1. The normalized spacial score (nSPS) is 10.5. The maximum Gasteiger partial charge on any atom is 0.350 e. The quantitative estimate of drug-likeness (QED) is 0.818. The number of alkyl halides is 2. The third kappa shape index (κ3) is 2.51. The van der Waals surface area contributed by atoms with Crippen molar-refractivity contribution in [2.24, 2.45) is 5.73 Å². The highest BCUT2D eigenvalue weighted by molar-refractivity contribution is 7.15. The number of nitrogens with two attached hydrogens (primary N) is 1. The van der Waals surface area contributed by atoms with Crippen molar-refractivity contribution in [3.05, 3.63) is 15.6 Å². The molecule has 0 aromatic carbocycles. The van der Waals surface area contributed by atoms with Crippen LogP contribution in [0.3, 0.4) is 0 Å². The highest BCUT2D eigenvalue weighted by atomic mass is 32.1. The lowest BCUT2D eigenvalue weighted by atomic mass is 10.4. The van der Waals surface area contributed by atoms with Gasteiger partial charge in [-0.15, -0.1) is 11.3 Å². The minimum Gasteiger partial charge on any atom is -0.462 e. The van der Waals surface area contributed by atoms with Crippen molar-refractivity contribution in [2.75, 3.05) is 6.61 Å². The van der Waals surface area contributed by atoms with Gasteiger partial charge in [0, 0.05) is 0 Å². The van der Waals surface area contributed by atoms with Crippen LogP contribution < -0.4 is 5.73 Å². The van der Waals surface area contributed by atoms with E-state index in [1.54, 1.807) is 0 Å². The Hall–Kier alpha value is -1.57. The summed E-state index contributed by atoms with van der Waals surface area (Å²) < 4.78 is 29.5. The molecule has 0 aliphatic heterocycles. The smallest absolute Gasteiger partial charge is 0.350 e. The van der Waals surface area contributed by atoms with Crippen molar-refractivity contribution in [3.63, 3.8) is 0 Å². The molecule has 0 unspecified atom stereocenters. The first kappa shape index (κ1) is 12.5. The van der Waals surface area contributed by atoms with E-state index in [0.717, 1.165) is 0 Å². The van der Waals surface area contributed by atoms with Crippen LogP contribution in [-0.4, -0.2) is 23.5 Å². The molecule has 1 amide bonds. The number of carbonyl (C=O) groups excluding carboxylic acids is 2.